The maximum absolute atomic E-state index is 11.8. The van der Waals surface area contributed by atoms with Gasteiger partial charge in [0.2, 0.25) is 0 Å². The fraction of sp³-hybridized carbons (Fsp3) is 0.917. The molecule has 3 heteroatoms. The molecule has 0 N–H and O–H groups in total. The second kappa shape index (κ2) is 6.11. The molecule has 0 aromatic carbocycles. The zero-order valence-electron chi connectivity index (χ0n) is 9.99. The summed E-state index contributed by atoms with van der Waals surface area (Å²) in [4.78, 5) is 11.8. The van der Waals surface area contributed by atoms with Gasteiger partial charge in [0, 0.05) is 7.11 Å². The van der Waals surface area contributed by atoms with Crippen LogP contribution in [0.25, 0.3) is 0 Å². The van der Waals surface area contributed by atoms with Crippen molar-refractivity contribution in [3.8, 4) is 0 Å². The molecule has 0 spiro atoms. The highest BCUT2D eigenvalue weighted by Crippen LogP contribution is 2.32. The summed E-state index contributed by atoms with van der Waals surface area (Å²) < 4.78 is 10.4. The van der Waals surface area contributed by atoms with E-state index in [0.717, 1.165) is 12.8 Å². The molecule has 1 unspecified atom stereocenters. The summed E-state index contributed by atoms with van der Waals surface area (Å²) in [7, 11) is 1.64. The number of hydrogen-bond acceptors (Lipinski definition) is 3. The smallest absolute Gasteiger partial charge is 0.311 e. The van der Waals surface area contributed by atoms with Gasteiger partial charge in [-0.25, -0.2) is 0 Å². The molecule has 0 aromatic heterocycles. The first kappa shape index (κ1) is 12.5. The monoisotopic (exact) mass is 214 g/mol. The fourth-order valence-electron chi connectivity index (χ4n) is 2.26. The van der Waals surface area contributed by atoms with Crippen molar-refractivity contribution in [1.82, 2.24) is 0 Å². The standard InChI is InChI=1S/C12H22O3/c1-9(2)15-12(13)11(8-14-3)10-6-4-5-7-10/h9-11H,4-8H2,1-3H3. The second-order valence-electron chi connectivity index (χ2n) is 4.59. The van der Waals surface area contributed by atoms with E-state index in [4.69, 9.17) is 9.47 Å². The maximum Gasteiger partial charge on any atom is 0.311 e. The molecule has 0 radical (unpaired) electrons. The zero-order valence-corrected chi connectivity index (χ0v) is 9.99. The maximum atomic E-state index is 11.8. The van der Waals surface area contributed by atoms with Crippen molar-refractivity contribution >= 4 is 5.97 Å². The molecule has 0 saturated heterocycles. The summed E-state index contributed by atoms with van der Waals surface area (Å²) in [5.74, 6) is 0.329. The molecule has 1 aliphatic carbocycles. The Morgan fingerprint density at radius 3 is 2.40 bits per heavy atom. The van der Waals surface area contributed by atoms with Crippen molar-refractivity contribution < 1.29 is 14.3 Å². The Hall–Kier alpha value is -0.570. The fourth-order valence-corrected chi connectivity index (χ4v) is 2.26. The largest absolute Gasteiger partial charge is 0.463 e. The molecule has 0 amide bonds. The Labute approximate surface area is 92.1 Å². The van der Waals surface area contributed by atoms with Gasteiger partial charge in [0.15, 0.2) is 0 Å². The molecular weight excluding hydrogens is 192 g/mol. The van der Waals surface area contributed by atoms with Gasteiger partial charge in [0.05, 0.1) is 18.6 Å². The highest BCUT2D eigenvalue weighted by atomic mass is 16.5. The van der Waals surface area contributed by atoms with Crippen molar-refractivity contribution in [3.05, 3.63) is 0 Å². The van der Waals surface area contributed by atoms with Crippen LogP contribution in [-0.4, -0.2) is 25.8 Å². The predicted octanol–water partition coefficient (Wildman–Crippen LogP) is 2.39. The van der Waals surface area contributed by atoms with Gasteiger partial charge in [-0.1, -0.05) is 12.8 Å². The molecular formula is C12H22O3. The van der Waals surface area contributed by atoms with Crippen LogP contribution < -0.4 is 0 Å². The summed E-state index contributed by atoms with van der Waals surface area (Å²) in [6, 6.07) is 0. The van der Waals surface area contributed by atoms with Gasteiger partial charge in [-0.3, -0.25) is 4.79 Å². The quantitative estimate of drug-likeness (QED) is 0.659. The molecule has 1 rings (SSSR count). The van der Waals surface area contributed by atoms with E-state index in [1.807, 2.05) is 13.8 Å². The van der Waals surface area contributed by atoms with Crippen LogP contribution in [0.5, 0.6) is 0 Å². The Balaban J connectivity index is 2.51. The molecule has 0 heterocycles. The summed E-state index contributed by atoms with van der Waals surface area (Å²) >= 11 is 0. The lowest BCUT2D eigenvalue weighted by Crippen LogP contribution is -2.30. The Bertz CT molecular complexity index is 195. The number of rotatable bonds is 5. The summed E-state index contributed by atoms with van der Waals surface area (Å²) in [6.45, 7) is 4.27. The van der Waals surface area contributed by atoms with E-state index >= 15 is 0 Å². The van der Waals surface area contributed by atoms with Gasteiger partial charge in [-0.2, -0.15) is 0 Å². The number of carbonyl (C=O) groups is 1. The van der Waals surface area contributed by atoms with Crippen LogP contribution in [0.4, 0.5) is 0 Å². The van der Waals surface area contributed by atoms with Gasteiger partial charge < -0.3 is 9.47 Å². The first-order valence-corrected chi connectivity index (χ1v) is 5.84. The van der Waals surface area contributed by atoms with E-state index in [9.17, 15) is 4.79 Å². The number of esters is 1. The average molecular weight is 214 g/mol. The van der Waals surface area contributed by atoms with Crippen molar-refractivity contribution in [1.29, 1.82) is 0 Å². The van der Waals surface area contributed by atoms with Crippen molar-refractivity contribution in [3.63, 3.8) is 0 Å². The molecule has 1 atom stereocenters. The highest BCUT2D eigenvalue weighted by molar-refractivity contribution is 5.73. The van der Waals surface area contributed by atoms with Crippen molar-refractivity contribution in [2.75, 3.05) is 13.7 Å². The minimum absolute atomic E-state index is 0.0294. The molecule has 1 saturated carbocycles. The molecule has 88 valence electrons. The summed E-state index contributed by atoms with van der Waals surface area (Å²) in [5.41, 5.74) is 0. The molecule has 1 fully saturated rings. The Morgan fingerprint density at radius 2 is 1.93 bits per heavy atom. The third-order valence-corrected chi connectivity index (χ3v) is 2.97. The van der Waals surface area contributed by atoms with E-state index in [2.05, 4.69) is 0 Å². The zero-order chi connectivity index (χ0) is 11.3. The van der Waals surface area contributed by atoms with Crippen LogP contribution in [0.1, 0.15) is 39.5 Å². The number of ether oxygens (including phenoxy) is 2. The first-order valence-electron chi connectivity index (χ1n) is 5.84. The van der Waals surface area contributed by atoms with Crippen LogP contribution >= 0.6 is 0 Å². The van der Waals surface area contributed by atoms with E-state index in [1.165, 1.54) is 12.8 Å². The van der Waals surface area contributed by atoms with E-state index in [-0.39, 0.29) is 18.0 Å². The third kappa shape index (κ3) is 3.82. The van der Waals surface area contributed by atoms with E-state index in [0.29, 0.717) is 12.5 Å². The van der Waals surface area contributed by atoms with Crippen LogP contribution in [0, 0.1) is 11.8 Å². The Morgan fingerprint density at radius 1 is 1.33 bits per heavy atom. The lowest BCUT2D eigenvalue weighted by Gasteiger charge is -2.22. The van der Waals surface area contributed by atoms with Crippen LogP contribution in [0.3, 0.4) is 0 Å². The van der Waals surface area contributed by atoms with Gasteiger partial charge >= 0.3 is 5.97 Å². The van der Waals surface area contributed by atoms with Crippen molar-refractivity contribution in [2.45, 2.75) is 45.6 Å². The summed E-state index contributed by atoms with van der Waals surface area (Å²) in [6.07, 6.45) is 4.72. The molecule has 0 bridgehead atoms. The second-order valence-corrected chi connectivity index (χ2v) is 4.59. The normalized spacial score (nSPS) is 19.5. The van der Waals surface area contributed by atoms with E-state index in [1.54, 1.807) is 7.11 Å². The average Bonchev–Trinajstić information content (AvgIpc) is 2.65. The van der Waals surface area contributed by atoms with Crippen molar-refractivity contribution in [2.24, 2.45) is 11.8 Å². The molecule has 15 heavy (non-hydrogen) atoms. The lowest BCUT2D eigenvalue weighted by molar-refractivity contribution is -0.156. The number of methoxy groups -OCH3 is 1. The van der Waals surface area contributed by atoms with Gasteiger partial charge in [-0.05, 0) is 32.6 Å². The van der Waals surface area contributed by atoms with Crippen LogP contribution in [0.2, 0.25) is 0 Å². The molecule has 3 nitrogen and oxygen atoms in total. The number of hydrogen-bond donors (Lipinski definition) is 0. The van der Waals surface area contributed by atoms with Crippen LogP contribution in [0.15, 0.2) is 0 Å². The molecule has 1 aliphatic rings. The molecule has 0 aromatic rings. The van der Waals surface area contributed by atoms with Crippen LogP contribution in [-0.2, 0) is 14.3 Å². The minimum atomic E-state index is -0.0845. The van der Waals surface area contributed by atoms with Gasteiger partial charge in [0.1, 0.15) is 0 Å². The third-order valence-electron chi connectivity index (χ3n) is 2.97. The van der Waals surface area contributed by atoms with Gasteiger partial charge in [-0.15, -0.1) is 0 Å². The molecule has 0 aliphatic heterocycles. The Kier molecular flexibility index (Phi) is 5.09. The first-order chi connectivity index (χ1) is 7.15. The minimum Gasteiger partial charge on any atom is -0.463 e. The van der Waals surface area contributed by atoms with Gasteiger partial charge in [0.25, 0.3) is 0 Å². The van der Waals surface area contributed by atoms with E-state index < -0.39 is 0 Å². The lowest BCUT2D eigenvalue weighted by atomic mass is 9.91. The number of carbonyl (C=O) groups excluding carboxylic acids is 1. The SMILES string of the molecule is COCC(C(=O)OC(C)C)C1CCCC1. The summed E-state index contributed by atoms with van der Waals surface area (Å²) in [5, 5.41) is 0. The highest BCUT2D eigenvalue weighted by Gasteiger charge is 2.32. The predicted molar refractivity (Wildman–Crippen MR) is 58.6 cm³/mol. The topological polar surface area (TPSA) is 35.5 Å².